The van der Waals surface area contributed by atoms with E-state index in [1.165, 1.54) is 44.5 Å². The Morgan fingerprint density at radius 1 is 1.10 bits per heavy atom. The number of esters is 1. The predicted molar refractivity (Wildman–Crippen MR) is 107 cm³/mol. The van der Waals surface area contributed by atoms with E-state index < -0.39 is 16.0 Å². The van der Waals surface area contributed by atoms with E-state index in [1.54, 1.807) is 18.2 Å². The first-order valence-electron chi connectivity index (χ1n) is 8.78. The topological polar surface area (TPSA) is 114 Å². The van der Waals surface area contributed by atoms with Crippen molar-refractivity contribution in [2.24, 2.45) is 0 Å². The van der Waals surface area contributed by atoms with E-state index in [9.17, 15) is 18.0 Å². The van der Waals surface area contributed by atoms with Crippen molar-refractivity contribution in [2.75, 3.05) is 26.0 Å². The molecule has 0 aliphatic carbocycles. The van der Waals surface area contributed by atoms with Crippen molar-refractivity contribution in [3.63, 3.8) is 0 Å². The fraction of sp³-hybridized carbons (Fsp3) is 0.263. The van der Waals surface area contributed by atoms with Crippen LogP contribution in [0.15, 0.2) is 53.4 Å². The summed E-state index contributed by atoms with van der Waals surface area (Å²) in [5, 5.41) is 5.32. The molecule has 0 atom stereocenters. The van der Waals surface area contributed by atoms with Crippen LogP contribution in [0.5, 0.6) is 5.75 Å². The number of sulfonamides is 1. The van der Waals surface area contributed by atoms with Crippen molar-refractivity contribution < 1.29 is 27.6 Å². The van der Waals surface area contributed by atoms with Gasteiger partial charge in [-0.3, -0.25) is 4.84 Å². The van der Waals surface area contributed by atoms with Crippen molar-refractivity contribution in [3.8, 4) is 5.75 Å². The van der Waals surface area contributed by atoms with E-state index in [4.69, 9.17) is 9.57 Å². The average molecular weight is 421 g/mol. The van der Waals surface area contributed by atoms with Gasteiger partial charge < -0.3 is 15.4 Å². The Kier molecular flexibility index (Phi) is 7.71. The van der Waals surface area contributed by atoms with Crippen LogP contribution in [-0.4, -0.2) is 45.6 Å². The lowest BCUT2D eigenvalue weighted by Crippen LogP contribution is -2.29. The summed E-state index contributed by atoms with van der Waals surface area (Å²) in [6, 6.07) is 11.3. The summed E-state index contributed by atoms with van der Waals surface area (Å²) in [6.45, 7) is 2.49. The van der Waals surface area contributed by atoms with Gasteiger partial charge in [-0.25, -0.2) is 18.0 Å². The predicted octanol–water partition coefficient (Wildman–Crippen LogP) is 2.62. The first-order chi connectivity index (χ1) is 13.8. The second kappa shape index (κ2) is 10.0. The standard InChI is InChI=1S/C19H23N3O6S/c1-4-12-20-19(24)21-15-6-5-7-16(13-15)28-18(23)14-8-10-17(11-9-14)29(25,26)22(2)27-3/h5-11,13H,4,12H2,1-3H3,(H2,20,21,24). The first kappa shape index (κ1) is 22.3. The monoisotopic (exact) mass is 421 g/mol. The molecule has 0 saturated carbocycles. The molecule has 2 amide bonds. The Labute approximate surface area is 169 Å². The molecule has 0 bridgehead atoms. The van der Waals surface area contributed by atoms with Crippen molar-refractivity contribution in [2.45, 2.75) is 18.2 Å². The molecule has 2 aromatic carbocycles. The molecule has 2 aromatic rings. The van der Waals surface area contributed by atoms with Gasteiger partial charge in [0.05, 0.1) is 17.6 Å². The number of nitrogens with zero attached hydrogens (tertiary/aromatic N) is 1. The van der Waals surface area contributed by atoms with Crippen molar-refractivity contribution in [1.82, 2.24) is 9.79 Å². The molecule has 156 valence electrons. The summed E-state index contributed by atoms with van der Waals surface area (Å²) in [5.41, 5.74) is 0.635. The maximum Gasteiger partial charge on any atom is 0.343 e. The Morgan fingerprint density at radius 3 is 2.41 bits per heavy atom. The average Bonchev–Trinajstić information content (AvgIpc) is 2.71. The third kappa shape index (κ3) is 6.01. The summed E-state index contributed by atoms with van der Waals surface area (Å²) >= 11 is 0. The zero-order valence-electron chi connectivity index (χ0n) is 16.3. The number of hydrogen-bond acceptors (Lipinski definition) is 6. The Balaban J connectivity index is 2.07. The number of amides is 2. The van der Waals surface area contributed by atoms with Crippen LogP contribution in [0, 0.1) is 0 Å². The zero-order valence-corrected chi connectivity index (χ0v) is 17.2. The van der Waals surface area contributed by atoms with Gasteiger partial charge in [-0.05, 0) is 42.8 Å². The lowest BCUT2D eigenvalue weighted by molar-refractivity contribution is -0.0258. The number of urea groups is 1. The third-order valence-electron chi connectivity index (χ3n) is 3.82. The number of benzene rings is 2. The Morgan fingerprint density at radius 2 is 1.79 bits per heavy atom. The molecule has 10 heteroatoms. The molecule has 29 heavy (non-hydrogen) atoms. The van der Waals surface area contributed by atoms with Gasteiger partial charge in [0.1, 0.15) is 5.75 Å². The lowest BCUT2D eigenvalue weighted by Gasteiger charge is -2.14. The van der Waals surface area contributed by atoms with Gasteiger partial charge in [-0.1, -0.05) is 17.5 Å². The molecular formula is C19H23N3O6S. The largest absolute Gasteiger partial charge is 0.423 e. The molecule has 0 saturated heterocycles. The van der Waals surface area contributed by atoms with E-state index in [-0.39, 0.29) is 22.2 Å². The summed E-state index contributed by atoms with van der Waals surface area (Å²) in [6.07, 6.45) is 0.812. The number of hydrogen-bond donors (Lipinski definition) is 2. The Hall–Kier alpha value is -2.95. The van der Waals surface area contributed by atoms with Crippen LogP contribution in [0.25, 0.3) is 0 Å². The number of rotatable bonds is 8. The van der Waals surface area contributed by atoms with Crippen molar-refractivity contribution in [3.05, 3.63) is 54.1 Å². The molecule has 2 rings (SSSR count). The van der Waals surface area contributed by atoms with Crippen LogP contribution in [0.3, 0.4) is 0 Å². The molecule has 0 aliphatic rings. The van der Waals surface area contributed by atoms with Gasteiger partial charge >= 0.3 is 12.0 Å². The summed E-state index contributed by atoms with van der Waals surface area (Å²) in [7, 11) is -1.30. The maximum absolute atomic E-state index is 12.3. The number of anilines is 1. The summed E-state index contributed by atoms with van der Waals surface area (Å²) in [5.74, 6) is -0.430. The second-order valence-corrected chi connectivity index (χ2v) is 7.86. The molecule has 9 nitrogen and oxygen atoms in total. The van der Waals surface area contributed by atoms with Crippen LogP contribution in [0.1, 0.15) is 23.7 Å². The highest BCUT2D eigenvalue weighted by Crippen LogP contribution is 2.20. The van der Waals surface area contributed by atoms with Crippen LogP contribution in [0.2, 0.25) is 0 Å². The third-order valence-corrected chi connectivity index (χ3v) is 5.52. The quantitative estimate of drug-likeness (QED) is 0.385. The number of ether oxygens (including phenoxy) is 1. The maximum atomic E-state index is 12.3. The van der Waals surface area contributed by atoms with E-state index in [0.717, 1.165) is 10.9 Å². The number of carbonyl (C=O) groups excluding carboxylic acids is 2. The molecule has 2 N–H and O–H groups in total. The number of hydroxylamine groups is 1. The number of nitrogens with one attached hydrogen (secondary N) is 2. The second-order valence-electron chi connectivity index (χ2n) is 5.92. The molecule has 0 aliphatic heterocycles. The molecule has 0 aromatic heterocycles. The van der Waals surface area contributed by atoms with E-state index in [0.29, 0.717) is 12.2 Å². The van der Waals surface area contributed by atoms with Gasteiger partial charge in [-0.2, -0.15) is 0 Å². The zero-order chi connectivity index (χ0) is 21.4. The minimum absolute atomic E-state index is 0.0253. The lowest BCUT2D eigenvalue weighted by atomic mass is 10.2. The number of carbonyl (C=O) groups is 2. The van der Waals surface area contributed by atoms with Gasteiger partial charge in [-0.15, -0.1) is 0 Å². The smallest absolute Gasteiger partial charge is 0.343 e. The summed E-state index contributed by atoms with van der Waals surface area (Å²) in [4.78, 5) is 28.7. The molecule has 0 heterocycles. The normalized spacial score (nSPS) is 11.2. The van der Waals surface area contributed by atoms with Crippen molar-refractivity contribution in [1.29, 1.82) is 0 Å². The molecule has 0 unspecified atom stereocenters. The van der Waals surface area contributed by atoms with Crippen LogP contribution >= 0.6 is 0 Å². The highest BCUT2D eigenvalue weighted by Gasteiger charge is 2.21. The van der Waals surface area contributed by atoms with Crippen LogP contribution in [-0.2, 0) is 14.9 Å². The molecule has 0 radical (unpaired) electrons. The van der Waals surface area contributed by atoms with Crippen LogP contribution in [0.4, 0.5) is 10.5 Å². The summed E-state index contributed by atoms with van der Waals surface area (Å²) < 4.78 is 30.4. The fourth-order valence-electron chi connectivity index (χ4n) is 2.23. The van der Waals surface area contributed by atoms with E-state index >= 15 is 0 Å². The van der Waals surface area contributed by atoms with Gasteiger partial charge in [0.25, 0.3) is 10.0 Å². The van der Waals surface area contributed by atoms with Gasteiger partial charge in [0.15, 0.2) is 0 Å². The Bertz CT molecular complexity index is 960. The fourth-order valence-corrected chi connectivity index (χ4v) is 3.20. The SMILES string of the molecule is CCCNC(=O)Nc1cccc(OC(=O)c2ccc(S(=O)(=O)N(C)OC)cc2)c1. The highest BCUT2D eigenvalue weighted by atomic mass is 32.2. The van der Waals surface area contributed by atoms with Gasteiger partial charge in [0, 0.05) is 25.3 Å². The van der Waals surface area contributed by atoms with Crippen molar-refractivity contribution >= 4 is 27.7 Å². The molecular weight excluding hydrogens is 398 g/mol. The minimum atomic E-state index is -3.80. The van der Waals surface area contributed by atoms with E-state index in [1.807, 2.05) is 6.92 Å². The molecule has 0 fully saturated rings. The van der Waals surface area contributed by atoms with Gasteiger partial charge in [0.2, 0.25) is 0 Å². The first-order valence-corrected chi connectivity index (χ1v) is 10.2. The minimum Gasteiger partial charge on any atom is -0.423 e. The van der Waals surface area contributed by atoms with E-state index in [2.05, 4.69) is 10.6 Å². The highest BCUT2D eigenvalue weighted by molar-refractivity contribution is 7.89. The van der Waals surface area contributed by atoms with Crippen LogP contribution < -0.4 is 15.4 Å². The molecule has 0 spiro atoms.